The third kappa shape index (κ3) is 8.12. The largest absolute Gasteiger partial charge is 0.508 e. The lowest BCUT2D eigenvalue weighted by Gasteiger charge is -2.44. The molecule has 3 aromatic heterocycles. The number of hydrogen-bond acceptors (Lipinski definition) is 11. The van der Waals surface area contributed by atoms with Gasteiger partial charge in [0, 0.05) is 84.7 Å². The maximum atomic E-state index is 16.4. The van der Waals surface area contributed by atoms with Gasteiger partial charge in [0.2, 0.25) is 0 Å². The van der Waals surface area contributed by atoms with Crippen LogP contribution in [0.4, 0.5) is 20.2 Å². The predicted octanol–water partition coefficient (Wildman–Crippen LogP) is 9.38. The molecule has 6 heterocycles. The van der Waals surface area contributed by atoms with E-state index in [1.807, 2.05) is 43.3 Å². The minimum absolute atomic E-state index is 0.0821. The minimum atomic E-state index is -0.837. The molecule has 2 fully saturated rings. The van der Waals surface area contributed by atoms with Crippen LogP contribution in [0.25, 0.3) is 5.00 Å². The molecule has 4 aromatic carbocycles. The molecular formula is C53H54F2N8O3S. The van der Waals surface area contributed by atoms with Gasteiger partial charge < -0.3 is 24.4 Å². The van der Waals surface area contributed by atoms with Gasteiger partial charge >= 0.3 is 0 Å². The number of piperidine rings is 1. The molecule has 1 aliphatic carbocycles. The fourth-order valence-electron chi connectivity index (χ4n) is 11.1. The molecule has 11 rings (SSSR count). The number of aromatic nitrogens is 4. The highest BCUT2D eigenvalue weighted by Crippen LogP contribution is 2.49. The number of phenols is 1. The fourth-order valence-corrected chi connectivity index (χ4v) is 12.3. The molecule has 4 aliphatic rings. The van der Waals surface area contributed by atoms with Gasteiger partial charge in [0.25, 0.3) is 0 Å². The van der Waals surface area contributed by atoms with E-state index in [1.165, 1.54) is 22.6 Å². The maximum absolute atomic E-state index is 16.4. The van der Waals surface area contributed by atoms with Gasteiger partial charge in [-0.1, -0.05) is 48.5 Å². The molecule has 0 saturated carbocycles. The van der Waals surface area contributed by atoms with Crippen LogP contribution in [-0.4, -0.2) is 92.0 Å². The summed E-state index contributed by atoms with van der Waals surface area (Å²) < 4.78 is 40.7. The van der Waals surface area contributed by atoms with E-state index in [2.05, 4.69) is 72.6 Å². The Bertz CT molecular complexity index is 2930. The zero-order valence-corrected chi connectivity index (χ0v) is 38.8. The van der Waals surface area contributed by atoms with Gasteiger partial charge in [0.05, 0.1) is 23.9 Å². The lowest BCUT2D eigenvalue weighted by atomic mass is 9.69. The SMILES string of the molecule is Cc1sc2c(c1C)C(c1ccc(N3CCC(O)(CN4CCN(c5cc(F)c([C@H]6c7ccc(O)cc7CC[C@H]6c6ccccc6)c(F)c5)CC4)CC3)cc1)=N[C@H](Cc1ncco1)c1nnc(C)n1-2. The number of hydrogen-bond donors (Lipinski definition) is 2. The summed E-state index contributed by atoms with van der Waals surface area (Å²) in [6, 6.07) is 26.4. The Balaban J connectivity index is 0.746. The van der Waals surface area contributed by atoms with E-state index in [9.17, 15) is 10.2 Å². The topological polar surface area (TPSA) is 119 Å². The van der Waals surface area contributed by atoms with E-state index in [1.54, 1.807) is 35.9 Å². The summed E-state index contributed by atoms with van der Waals surface area (Å²) >= 11 is 1.73. The third-order valence-corrected chi connectivity index (χ3v) is 15.9. The van der Waals surface area contributed by atoms with Crippen molar-refractivity contribution in [3.8, 4) is 10.8 Å². The molecule has 344 valence electrons. The van der Waals surface area contributed by atoms with Gasteiger partial charge in [0.1, 0.15) is 40.5 Å². The Hall–Kier alpha value is -6.22. The van der Waals surface area contributed by atoms with Crippen LogP contribution in [0, 0.1) is 32.4 Å². The number of phenolic OH excluding ortho intramolecular Hbond substituents is 1. The molecule has 2 N–H and O–H groups in total. The summed E-state index contributed by atoms with van der Waals surface area (Å²) in [7, 11) is 0. The summed E-state index contributed by atoms with van der Waals surface area (Å²) in [5.74, 6) is 0.620. The number of thiophene rings is 1. The first-order chi connectivity index (χ1) is 32.5. The Morgan fingerprint density at radius 3 is 2.28 bits per heavy atom. The van der Waals surface area contributed by atoms with Crippen LogP contribution in [0.1, 0.15) is 98.5 Å². The molecule has 0 amide bonds. The number of piperazine rings is 1. The van der Waals surface area contributed by atoms with Gasteiger partial charge in [0.15, 0.2) is 11.7 Å². The zero-order valence-electron chi connectivity index (χ0n) is 38.0. The smallest absolute Gasteiger partial charge is 0.196 e. The van der Waals surface area contributed by atoms with Crippen LogP contribution in [0.5, 0.6) is 5.75 Å². The summed E-state index contributed by atoms with van der Waals surface area (Å²) in [5.41, 5.74) is 7.93. The fraction of sp³-hybridized carbons (Fsp3) is 0.358. The second kappa shape index (κ2) is 17.5. The highest BCUT2D eigenvalue weighted by Gasteiger charge is 2.38. The maximum Gasteiger partial charge on any atom is 0.196 e. The molecule has 14 heteroatoms. The average molecular weight is 921 g/mol. The van der Waals surface area contributed by atoms with E-state index in [-0.39, 0.29) is 23.3 Å². The first kappa shape index (κ1) is 43.4. The Labute approximate surface area is 393 Å². The molecule has 0 radical (unpaired) electrons. The van der Waals surface area contributed by atoms with Crippen molar-refractivity contribution in [2.24, 2.45) is 4.99 Å². The van der Waals surface area contributed by atoms with Gasteiger partial charge in [-0.3, -0.25) is 14.5 Å². The molecule has 3 aliphatic heterocycles. The number of aliphatic hydroxyl groups is 1. The van der Waals surface area contributed by atoms with Crippen molar-refractivity contribution < 1.29 is 23.4 Å². The van der Waals surface area contributed by atoms with Crippen molar-refractivity contribution in [3.63, 3.8) is 0 Å². The monoisotopic (exact) mass is 920 g/mol. The number of rotatable bonds is 9. The minimum Gasteiger partial charge on any atom is -0.508 e. The summed E-state index contributed by atoms with van der Waals surface area (Å²) in [5, 5.41) is 32.3. The van der Waals surface area contributed by atoms with Crippen molar-refractivity contribution in [1.82, 2.24) is 24.6 Å². The van der Waals surface area contributed by atoms with Crippen molar-refractivity contribution in [1.29, 1.82) is 0 Å². The van der Waals surface area contributed by atoms with Crippen LogP contribution < -0.4 is 9.80 Å². The third-order valence-electron chi connectivity index (χ3n) is 14.7. The average Bonchev–Trinajstić information content (AvgIpc) is 4.04. The Kier molecular flexibility index (Phi) is 11.3. The number of anilines is 2. The van der Waals surface area contributed by atoms with E-state index in [0.29, 0.717) is 63.6 Å². The summed E-state index contributed by atoms with van der Waals surface area (Å²) in [6.07, 6.45) is 6.40. The number of aryl methyl sites for hydroxylation is 3. The van der Waals surface area contributed by atoms with Crippen LogP contribution >= 0.6 is 11.3 Å². The Morgan fingerprint density at radius 2 is 1.57 bits per heavy atom. The molecule has 7 aromatic rings. The first-order valence-electron chi connectivity index (χ1n) is 23.4. The number of fused-ring (bicyclic) bond motifs is 4. The highest BCUT2D eigenvalue weighted by atomic mass is 32.1. The number of oxazole rings is 1. The number of halogens is 2. The van der Waals surface area contributed by atoms with E-state index >= 15 is 8.78 Å². The second-order valence-corrected chi connectivity index (χ2v) is 20.0. The molecule has 0 bridgehead atoms. The summed E-state index contributed by atoms with van der Waals surface area (Å²) in [4.78, 5) is 17.7. The van der Waals surface area contributed by atoms with E-state index in [0.717, 1.165) is 81.8 Å². The lowest BCUT2D eigenvalue weighted by molar-refractivity contribution is -0.0173. The standard InChI is InChI=1S/C53H54F2N8O3S/c1-32-33(2)67-52-47(32)50(57-45(30-46-56-19-26-66-46)51-59-58-34(3)63(51)52)36-9-12-38(13-10-36)61-20-17-53(65,18-21-61)31-60-22-24-62(25-23-60)39-28-43(54)49(44(55)29-39)48-41(35-7-5-4-6-8-35)15-11-37-27-40(64)14-16-42(37)48/h4-10,12-14,16,19,26-29,41,45,48,64-65H,11,15,17-18,20-25,30-31H2,1-3H3/t41-,45+,48+/m0/s1. The van der Waals surface area contributed by atoms with E-state index < -0.39 is 23.2 Å². The lowest BCUT2D eigenvalue weighted by Crippen LogP contribution is -2.55. The van der Waals surface area contributed by atoms with Crippen molar-refractivity contribution in [2.45, 2.75) is 76.4 Å². The summed E-state index contributed by atoms with van der Waals surface area (Å²) in [6.45, 7) is 10.8. The molecule has 0 spiro atoms. The van der Waals surface area contributed by atoms with Crippen molar-refractivity contribution in [2.75, 3.05) is 55.6 Å². The zero-order chi connectivity index (χ0) is 46.0. The second-order valence-electron chi connectivity index (χ2n) is 18.8. The molecule has 2 saturated heterocycles. The van der Waals surface area contributed by atoms with Crippen LogP contribution in [0.2, 0.25) is 0 Å². The number of aliphatic imine (C=N–C) groups is 1. The number of benzene rings is 4. The quantitative estimate of drug-likeness (QED) is 0.146. The van der Waals surface area contributed by atoms with Crippen LogP contribution in [0.15, 0.2) is 107 Å². The molecule has 3 atom stereocenters. The highest BCUT2D eigenvalue weighted by molar-refractivity contribution is 7.15. The normalized spacial score (nSPS) is 20.5. The molecular weight excluding hydrogens is 867 g/mol. The van der Waals surface area contributed by atoms with Gasteiger partial charge in [-0.25, -0.2) is 13.8 Å². The van der Waals surface area contributed by atoms with Crippen molar-refractivity contribution in [3.05, 3.63) is 170 Å². The van der Waals surface area contributed by atoms with Gasteiger partial charge in [-0.15, -0.1) is 21.5 Å². The number of nitrogens with zero attached hydrogens (tertiary/aromatic N) is 8. The van der Waals surface area contributed by atoms with E-state index in [4.69, 9.17) is 9.41 Å². The molecule has 67 heavy (non-hydrogen) atoms. The predicted molar refractivity (Wildman–Crippen MR) is 257 cm³/mol. The van der Waals surface area contributed by atoms with Crippen LogP contribution in [-0.2, 0) is 12.8 Å². The van der Waals surface area contributed by atoms with Gasteiger partial charge in [-0.05, 0) is 111 Å². The number of β-amino-alcohol motifs (C(OH)–C–C–N with tert-alkyl or cyclic N) is 1. The van der Waals surface area contributed by atoms with Crippen molar-refractivity contribution >= 4 is 28.4 Å². The first-order valence-corrected chi connectivity index (χ1v) is 24.2. The molecule has 11 nitrogen and oxygen atoms in total. The van der Waals surface area contributed by atoms with Crippen LogP contribution in [0.3, 0.4) is 0 Å². The Morgan fingerprint density at radius 1 is 0.836 bits per heavy atom. The van der Waals surface area contributed by atoms with Gasteiger partial charge in [-0.2, -0.15) is 0 Å². The number of aromatic hydroxyl groups is 1. The molecule has 0 unspecified atom stereocenters.